The molecule has 1 saturated heterocycles. The number of halogens is 1. The van der Waals surface area contributed by atoms with E-state index in [1.165, 1.54) is 5.56 Å². The van der Waals surface area contributed by atoms with Crippen molar-refractivity contribution in [3.05, 3.63) is 89.1 Å². The van der Waals surface area contributed by atoms with E-state index in [4.69, 9.17) is 11.6 Å². The summed E-state index contributed by atoms with van der Waals surface area (Å²) in [6.07, 6.45) is 3.72. The van der Waals surface area contributed by atoms with E-state index in [1.54, 1.807) is 12.1 Å². The van der Waals surface area contributed by atoms with E-state index in [2.05, 4.69) is 44.7 Å². The average Bonchev–Trinajstić information content (AvgIpc) is 3.24. The molecule has 4 aromatic rings. The van der Waals surface area contributed by atoms with Crippen molar-refractivity contribution in [1.82, 2.24) is 24.8 Å². The van der Waals surface area contributed by atoms with E-state index >= 15 is 0 Å². The Bertz CT molecular complexity index is 1230. The molecule has 162 valence electrons. The monoisotopic (exact) mass is 445 g/mol. The second kappa shape index (κ2) is 9.10. The molecule has 1 N–H and O–H groups in total. The van der Waals surface area contributed by atoms with E-state index in [1.807, 2.05) is 40.9 Å². The zero-order valence-corrected chi connectivity index (χ0v) is 18.4. The number of hydrogen-bond acceptors (Lipinski definition) is 4. The predicted octanol–water partition coefficient (Wildman–Crippen LogP) is 4.44. The van der Waals surface area contributed by atoms with Crippen molar-refractivity contribution in [2.24, 2.45) is 0 Å². The van der Waals surface area contributed by atoms with Crippen LogP contribution in [0, 0.1) is 0 Å². The molecule has 0 aliphatic carbocycles. The molecule has 1 fully saturated rings. The van der Waals surface area contributed by atoms with Gasteiger partial charge < -0.3 is 5.32 Å². The lowest BCUT2D eigenvalue weighted by molar-refractivity contribution is 0.0909. The summed E-state index contributed by atoms with van der Waals surface area (Å²) in [5, 5.41) is 12.3. The number of rotatable bonds is 5. The van der Waals surface area contributed by atoms with Crippen LogP contribution in [-0.2, 0) is 6.54 Å². The quantitative estimate of drug-likeness (QED) is 0.493. The minimum Gasteiger partial charge on any atom is -0.349 e. The number of piperidine rings is 1. The molecule has 5 rings (SSSR count). The van der Waals surface area contributed by atoms with Gasteiger partial charge in [0.2, 0.25) is 0 Å². The number of fused-ring (bicyclic) bond motifs is 1. The van der Waals surface area contributed by atoms with Crippen LogP contribution in [0.25, 0.3) is 17.0 Å². The van der Waals surface area contributed by atoms with E-state index in [0.29, 0.717) is 22.1 Å². The van der Waals surface area contributed by atoms with Crippen molar-refractivity contribution in [2.45, 2.75) is 25.4 Å². The first-order valence-corrected chi connectivity index (χ1v) is 11.2. The second-order valence-electron chi connectivity index (χ2n) is 8.16. The van der Waals surface area contributed by atoms with Gasteiger partial charge in [-0.15, -0.1) is 10.2 Å². The molecule has 32 heavy (non-hydrogen) atoms. The Hall–Kier alpha value is -3.22. The number of nitrogens with zero attached hydrogens (tertiary/aromatic N) is 4. The molecule has 6 nitrogen and oxygen atoms in total. The van der Waals surface area contributed by atoms with E-state index in [9.17, 15) is 4.79 Å². The van der Waals surface area contributed by atoms with Gasteiger partial charge >= 0.3 is 0 Å². The summed E-state index contributed by atoms with van der Waals surface area (Å²) in [7, 11) is 0. The number of benzene rings is 2. The van der Waals surface area contributed by atoms with Crippen LogP contribution in [0.2, 0.25) is 5.02 Å². The third kappa shape index (κ3) is 4.38. The second-order valence-corrected chi connectivity index (χ2v) is 8.56. The van der Waals surface area contributed by atoms with Crippen molar-refractivity contribution >= 4 is 23.2 Å². The van der Waals surface area contributed by atoms with Gasteiger partial charge in [0.15, 0.2) is 11.5 Å². The maximum absolute atomic E-state index is 12.9. The van der Waals surface area contributed by atoms with Crippen molar-refractivity contribution in [3.63, 3.8) is 0 Å². The SMILES string of the molecule is O=C(NC1CCN(Cc2ccccc2)CC1)c1ccn2c(-c3ccccc3Cl)nnc2c1. The van der Waals surface area contributed by atoms with Crippen LogP contribution < -0.4 is 5.32 Å². The van der Waals surface area contributed by atoms with Crippen LogP contribution in [0.1, 0.15) is 28.8 Å². The van der Waals surface area contributed by atoms with Crippen LogP contribution in [0.15, 0.2) is 72.9 Å². The highest BCUT2D eigenvalue weighted by molar-refractivity contribution is 6.33. The van der Waals surface area contributed by atoms with Crippen LogP contribution in [0.4, 0.5) is 0 Å². The molecule has 0 saturated carbocycles. The van der Waals surface area contributed by atoms with Crippen molar-refractivity contribution < 1.29 is 4.79 Å². The lowest BCUT2D eigenvalue weighted by atomic mass is 10.0. The van der Waals surface area contributed by atoms with Crippen LogP contribution in [-0.4, -0.2) is 44.5 Å². The summed E-state index contributed by atoms with van der Waals surface area (Å²) < 4.78 is 1.85. The fourth-order valence-electron chi connectivity index (χ4n) is 4.20. The lowest BCUT2D eigenvalue weighted by Crippen LogP contribution is -2.44. The molecule has 1 aliphatic heterocycles. The maximum atomic E-state index is 12.9. The third-order valence-electron chi connectivity index (χ3n) is 5.96. The van der Waals surface area contributed by atoms with Gasteiger partial charge in [0.05, 0.1) is 5.02 Å². The third-order valence-corrected chi connectivity index (χ3v) is 6.29. The smallest absolute Gasteiger partial charge is 0.251 e. The molecule has 7 heteroatoms. The molecular weight excluding hydrogens is 422 g/mol. The maximum Gasteiger partial charge on any atom is 0.251 e. The average molecular weight is 446 g/mol. The molecule has 0 bridgehead atoms. The Morgan fingerprint density at radius 3 is 2.53 bits per heavy atom. The Labute approximate surface area is 191 Å². The number of amides is 1. The number of hydrogen-bond donors (Lipinski definition) is 1. The molecule has 0 atom stereocenters. The summed E-state index contributed by atoms with van der Waals surface area (Å²) in [5.74, 6) is 0.583. The standard InChI is InChI=1S/C25H24ClN5O/c26-22-9-5-4-8-21(22)24-29-28-23-16-19(10-15-31(23)24)25(32)27-20-11-13-30(14-12-20)17-18-6-2-1-3-7-18/h1-10,15-16,20H,11-14,17H2,(H,27,32). The largest absolute Gasteiger partial charge is 0.349 e. The Morgan fingerprint density at radius 1 is 1.00 bits per heavy atom. The zero-order chi connectivity index (χ0) is 21.9. The van der Waals surface area contributed by atoms with Gasteiger partial charge in [0, 0.05) is 43.0 Å². The number of likely N-dealkylation sites (tertiary alicyclic amines) is 1. The molecule has 1 amide bonds. The minimum atomic E-state index is -0.0729. The number of pyridine rings is 1. The molecule has 1 aliphatic rings. The predicted molar refractivity (Wildman–Crippen MR) is 126 cm³/mol. The first kappa shape index (κ1) is 20.7. The van der Waals surface area contributed by atoms with Crippen molar-refractivity contribution in [3.8, 4) is 11.4 Å². The lowest BCUT2D eigenvalue weighted by Gasteiger charge is -2.32. The van der Waals surface area contributed by atoms with E-state index in [-0.39, 0.29) is 11.9 Å². The molecule has 2 aromatic carbocycles. The Morgan fingerprint density at radius 2 is 1.75 bits per heavy atom. The van der Waals surface area contributed by atoms with Gasteiger partial charge in [0.25, 0.3) is 5.91 Å². The Kier molecular flexibility index (Phi) is 5.88. The molecular formula is C25H24ClN5O. The van der Waals surface area contributed by atoms with Gasteiger partial charge in [0.1, 0.15) is 0 Å². The van der Waals surface area contributed by atoms with Crippen molar-refractivity contribution in [2.75, 3.05) is 13.1 Å². The molecule has 0 unspecified atom stereocenters. The van der Waals surface area contributed by atoms with Gasteiger partial charge in [-0.05, 0) is 42.7 Å². The van der Waals surface area contributed by atoms with Gasteiger partial charge in [-0.1, -0.05) is 54.1 Å². The summed E-state index contributed by atoms with van der Waals surface area (Å²) in [6.45, 7) is 2.91. The summed E-state index contributed by atoms with van der Waals surface area (Å²) >= 11 is 6.31. The van der Waals surface area contributed by atoms with Crippen molar-refractivity contribution in [1.29, 1.82) is 0 Å². The number of carbonyl (C=O) groups is 1. The van der Waals surface area contributed by atoms with Gasteiger partial charge in [-0.2, -0.15) is 0 Å². The van der Waals surface area contributed by atoms with Gasteiger partial charge in [-0.3, -0.25) is 14.1 Å². The summed E-state index contributed by atoms with van der Waals surface area (Å²) in [4.78, 5) is 15.3. The molecule has 0 radical (unpaired) electrons. The van der Waals surface area contributed by atoms with Crippen LogP contribution in [0.3, 0.4) is 0 Å². The van der Waals surface area contributed by atoms with Crippen LogP contribution >= 0.6 is 11.6 Å². The number of carbonyl (C=O) groups excluding carboxylic acids is 1. The fourth-order valence-corrected chi connectivity index (χ4v) is 4.42. The first-order valence-electron chi connectivity index (χ1n) is 10.8. The number of nitrogens with one attached hydrogen (secondary N) is 1. The molecule has 0 spiro atoms. The summed E-state index contributed by atoms with van der Waals surface area (Å²) in [6, 6.07) is 21.8. The van der Waals surface area contributed by atoms with Crippen LogP contribution in [0.5, 0.6) is 0 Å². The highest BCUT2D eigenvalue weighted by atomic mass is 35.5. The molecule has 2 aromatic heterocycles. The fraction of sp³-hybridized carbons (Fsp3) is 0.240. The minimum absolute atomic E-state index is 0.0729. The number of aromatic nitrogens is 3. The molecule has 3 heterocycles. The van der Waals surface area contributed by atoms with Gasteiger partial charge in [-0.25, -0.2) is 0 Å². The topological polar surface area (TPSA) is 62.5 Å². The summed E-state index contributed by atoms with van der Waals surface area (Å²) in [5.41, 5.74) is 3.33. The first-order chi connectivity index (χ1) is 15.7. The Balaban J connectivity index is 1.22. The highest BCUT2D eigenvalue weighted by Crippen LogP contribution is 2.26. The zero-order valence-electron chi connectivity index (χ0n) is 17.6. The normalized spacial score (nSPS) is 15.2. The van der Waals surface area contributed by atoms with E-state index in [0.717, 1.165) is 38.0 Å². The van der Waals surface area contributed by atoms with E-state index < -0.39 is 0 Å². The highest BCUT2D eigenvalue weighted by Gasteiger charge is 2.22.